The number of aromatic carboxylic acids is 1. The van der Waals surface area contributed by atoms with Crippen LogP contribution in [0.25, 0.3) is 21.8 Å². The maximum atomic E-state index is 12.1. The first-order valence-electron chi connectivity index (χ1n) is 18.5. The van der Waals surface area contributed by atoms with Crippen LogP contribution in [0.3, 0.4) is 0 Å². The lowest BCUT2D eigenvalue weighted by molar-refractivity contribution is 0.0598. The van der Waals surface area contributed by atoms with Gasteiger partial charge in [0.25, 0.3) is 0 Å². The Morgan fingerprint density at radius 2 is 0.982 bits per heavy atom. The Labute approximate surface area is 321 Å². The number of carbonyl (C=O) groups is 2. The van der Waals surface area contributed by atoms with Gasteiger partial charge in [-0.05, 0) is 119 Å². The maximum absolute atomic E-state index is 12.1. The molecular weight excluding hydrogens is 681 g/mol. The summed E-state index contributed by atoms with van der Waals surface area (Å²) in [5.74, 6) is -1.16. The van der Waals surface area contributed by atoms with Gasteiger partial charge in [-0.3, -0.25) is 0 Å². The minimum absolute atomic E-state index is 0.284. The SMILES string of the molecule is COC(=O)c1cc(C)ccc1Cc1ccc2c(ccn2Cc2ccccc2)c1.Cc1ccc(Cc2ccc3c(ccn3Cc3ccccc3)c2)c(C(=O)O)c1. The van der Waals surface area contributed by atoms with E-state index in [1.54, 1.807) is 6.07 Å². The second kappa shape index (κ2) is 16.6. The van der Waals surface area contributed by atoms with Gasteiger partial charge in [-0.15, -0.1) is 0 Å². The molecule has 2 aromatic heterocycles. The number of nitrogens with zero attached hydrogens (tertiary/aromatic N) is 2. The van der Waals surface area contributed by atoms with Crippen LogP contribution in [-0.2, 0) is 30.7 Å². The monoisotopic (exact) mass is 724 g/mol. The molecule has 0 spiro atoms. The highest BCUT2D eigenvalue weighted by Crippen LogP contribution is 2.25. The van der Waals surface area contributed by atoms with Crippen LogP contribution in [0.2, 0.25) is 0 Å². The fourth-order valence-corrected chi connectivity index (χ4v) is 7.18. The number of esters is 1. The van der Waals surface area contributed by atoms with E-state index in [0.29, 0.717) is 24.0 Å². The lowest BCUT2D eigenvalue weighted by Crippen LogP contribution is -2.06. The van der Waals surface area contributed by atoms with Gasteiger partial charge in [0, 0.05) is 36.5 Å². The average Bonchev–Trinajstić information content (AvgIpc) is 3.79. The van der Waals surface area contributed by atoms with E-state index in [1.807, 2.05) is 56.3 Å². The van der Waals surface area contributed by atoms with E-state index in [1.165, 1.54) is 45.6 Å². The van der Waals surface area contributed by atoms with Gasteiger partial charge in [-0.2, -0.15) is 0 Å². The van der Waals surface area contributed by atoms with Crippen molar-refractivity contribution in [2.24, 2.45) is 0 Å². The third kappa shape index (κ3) is 8.77. The van der Waals surface area contributed by atoms with Crippen LogP contribution in [0.4, 0.5) is 0 Å². The van der Waals surface area contributed by atoms with Crippen LogP contribution in [0, 0.1) is 13.8 Å². The quantitative estimate of drug-likeness (QED) is 0.143. The highest BCUT2D eigenvalue weighted by atomic mass is 16.5. The van der Waals surface area contributed by atoms with Crippen LogP contribution in [0.15, 0.2) is 158 Å². The summed E-state index contributed by atoms with van der Waals surface area (Å²) in [6.07, 6.45) is 5.55. The van der Waals surface area contributed by atoms with Crippen molar-refractivity contribution in [3.8, 4) is 0 Å². The van der Waals surface area contributed by atoms with Crippen molar-refractivity contribution < 1.29 is 19.4 Å². The largest absolute Gasteiger partial charge is 0.478 e. The molecular formula is C49H44N2O4. The molecule has 0 bridgehead atoms. The smallest absolute Gasteiger partial charge is 0.338 e. The van der Waals surface area contributed by atoms with Gasteiger partial charge in [-0.1, -0.05) is 108 Å². The first-order chi connectivity index (χ1) is 26.7. The molecule has 6 heteroatoms. The molecule has 6 aromatic carbocycles. The van der Waals surface area contributed by atoms with Crippen LogP contribution in [0.5, 0.6) is 0 Å². The average molecular weight is 725 g/mol. The van der Waals surface area contributed by atoms with Crippen LogP contribution >= 0.6 is 0 Å². The summed E-state index contributed by atoms with van der Waals surface area (Å²) < 4.78 is 9.46. The zero-order valence-corrected chi connectivity index (χ0v) is 31.4. The molecule has 8 aromatic rings. The third-order valence-corrected chi connectivity index (χ3v) is 10.0. The number of hydrogen-bond donors (Lipinski definition) is 1. The number of hydrogen-bond acceptors (Lipinski definition) is 3. The molecule has 0 amide bonds. The first kappa shape index (κ1) is 36.7. The molecule has 0 fully saturated rings. The molecule has 0 saturated carbocycles. The number of aryl methyl sites for hydroxylation is 2. The first-order valence-corrected chi connectivity index (χ1v) is 18.5. The second-order valence-corrected chi connectivity index (χ2v) is 14.1. The summed E-state index contributed by atoms with van der Waals surface area (Å²) in [7, 11) is 1.43. The Morgan fingerprint density at radius 3 is 1.44 bits per heavy atom. The molecule has 0 unspecified atom stereocenters. The van der Waals surface area contributed by atoms with Gasteiger partial charge < -0.3 is 19.0 Å². The number of methoxy groups -OCH3 is 1. The Kier molecular flexibility index (Phi) is 11.0. The Balaban J connectivity index is 0.000000169. The Bertz CT molecular complexity index is 2600. The van der Waals surface area contributed by atoms with Gasteiger partial charge in [0.2, 0.25) is 0 Å². The van der Waals surface area contributed by atoms with Crippen molar-refractivity contribution in [3.05, 3.63) is 214 Å². The molecule has 2 heterocycles. The predicted octanol–water partition coefficient (Wildman–Crippen LogP) is 10.7. The number of carboxylic acids is 1. The van der Waals surface area contributed by atoms with Crippen molar-refractivity contribution in [1.29, 1.82) is 0 Å². The van der Waals surface area contributed by atoms with Gasteiger partial charge in [0.15, 0.2) is 0 Å². The number of carbonyl (C=O) groups excluding carboxylic acids is 1. The summed E-state index contributed by atoms with van der Waals surface area (Å²) in [6, 6.07) is 49.6. The highest BCUT2D eigenvalue weighted by Gasteiger charge is 2.14. The number of rotatable bonds is 10. The molecule has 0 saturated heterocycles. The Hall–Kier alpha value is -6.66. The lowest BCUT2D eigenvalue weighted by Gasteiger charge is -2.10. The third-order valence-electron chi connectivity index (χ3n) is 10.0. The molecule has 55 heavy (non-hydrogen) atoms. The van der Waals surface area contributed by atoms with Gasteiger partial charge >= 0.3 is 11.9 Å². The van der Waals surface area contributed by atoms with Gasteiger partial charge in [0.05, 0.1) is 18.2 Å². The fourth-order valence-electron chi connectivity index (χ4n) is 7.18. The molecule has 8 rings (SSSR count). The maximum Gasteiger partial charge on any atom is 0.338 e. The van der Waals surface area contributed by atoms with Crippen molar-refractivity contribution in [1.82, 2.24) is 9.13 Å². The lowest BCUT2D eigenvalue weighted by atomic mass is 9.97. The number of carboxylic acid groups (broad SMARTS) is 1. The minimum atomic E-state index is -0.871. The van der Waals surface area contributed by atoms with Crippen LogP contribution in [-0.4, -0.2) is 33.3 Å². The zero-order chi connectivity index (χ0) is 38.3. The summed E-state index contributed by atoms with van der Waals surface area (Å²) in [5.41, 5.74) is 12.1. The predicted molar refractivity (Wildman–Crippen MR) is 221 cm³/mol. The van der Waals surface area contributed by atoms with Gasteiger partial charge in [0.1, 0.15) is 0 Å². The van der Waals surface area contributed by atoms with E-state index in [0.717, 1.165) is 40.9 Å². The highest BCUT2D eigenvalue weighted by molar-refractivity contribution is 5.92. The fraction of sp³-hybridized carbons (Fsp3) is 0.143. The van der Waals surface area contributed by atoms with Crippen LogP contribution < -0.4 is 0 Å². The van der Waals surface area contributed by atoms with E-state index in [4.69, 9.17) is 4.74 Å². The molecule has 274 valence electrons. The molecule has 0 aliphatic carbocycles. The van der Waals surface area contributed by atoms with Gasteiger partial charge in [-0.25, -0.2) is 9.59 Å². The normalized spacial score (nSPS) is 11.0. The van der Waals surface area contributed by atoms with E-state index in [-0.39, 0.29) is 5.97 Å². The number of benzene rings is 6. The number of aromatic nitrogens is 2. The molecule has 0 aliphatic rings. The summed E-state index contributed by atoms with van der Waals surface area (Å²) in [5, 5.41) is 11.9. The zero-order valence-electron chi connectivity index (χ0n) is 31.4. The number of ether oxygens (including phenoxy) is 1. The van der Waals surface area contributed by atoms with E-state index in [2.05, 4.69) is 119 Å². The molecule has 6 nitrogen and oxygen atoms in total. The number of fused-ring (bicyclic) bond motifs is 2. The van der Waals surface area contributed by atoms with Crippen LogP contribution in [0.1, 0.15) is 65.2 Å². The summed E-state index contributed by atoms with van der Waals surface area (Å²) in [6.45, 7) is 5.59. The molecule has 0 atom stereocenters. The van der Waals surface area contributed by atoms with E-state index >= 15 is 0 Å². The standard InChI is InChI=1S/C25H23NO2.C24H21NO2/c1-18-8-10-21(23(14-18)25(27)28-2)15-20-9-11-24-22(16-20)12-13-26(24)17-19-6-4-3-5-7-19;1-17-7-9-20(22(13-17)24(26)27)14-19-8-10-23-21(15-19)11-12-25(23)16-18-5-3-2-4-6-18/h3-14,16H,15,17H2,1-2H3;2-13,15H,14,16H2,1H3,(H,26,27). The van der Waals surface area contributed by atoms with Crippen molar-refractivity contribution in [2.75, 3.05) is 7.11 Å². The minimum Gasteiger partial charge on any atom is -0.478 e. The second-order valence-electron chi connectivity index (χ2n) is 14.1. The van der Waals surface area contributed by atoms with Crippen molar-refractivity contribution in [2.45, 2.75) is 39.8 Å². The van der Waals surface area contributed by atoms with E-state index < -0.39 is 5.97 Å². The molecule has 0 aliphatic heterocycles. The summed E-state index contributed by atoms with van der Waals surface area (Å²) >= 11 is 0. The molecule has 0 radical (unpaired) electrons. The molecule has 1 N–H and O–H groups in total. The van der Waals surface area contributed by atoms with E-state index in [9.17, 15) is 14.7 Å². The van der Waals surface area contributed by atoms with Crippen molar-refractivity contribution in [3.63, 3.8) is 0 Å². The topological polar surface area (TPSA) is 73.5 Å². The van der Waals surface area contributed by atoms with Crippen molar-refractivity contribution >= 4 is 33.7 Å². The Morgan fingerprint density at radius 1 is 0.527 bits per heavy atom. The summed E-state index contributed by atoms with van der Waals surface area (Å²) in [4.78, 5) is 23.7.